The molecule has 33 heavy (non-hydrogen) atoms. The van der Waals surface area contributed by atoms with E-state index in [1.165, 1.54) is 109 Å². The summed E-state index contributed by atoms with van der Waals surface area (Å²) in [5, 5.41) is 8.68. The number of nitrogens with zero attached hydrogens (tertiary/aromatic N) is 1. The molecule has 1 atom stereocenters. The third-order valence-corrected chi connectivity index (χ3v) is 6.65. The summed E-state index contributed by atoms with van der Waals surface area (Å²) in [6.07, 6.45) is 35.1. The predicted molar refractivity (Wildman–Crippen MR) is 146 cm³/mol. The fourth-order valence-electron chi connectivity index (χ4n) is 4.39. The van der Waals surface area contributed by atoms with Crippen molar-refractivity contribution >= 4 is 5.97 Å². The van der Waals surface area contributed by atoms with Crippen molar-refractivity contribution in [2.45, 2.75) is 148 Å². The molecule has 0 rings (SSSR count). The summed E-state index contributed by atoms with van der Waals surface area (Å²) in [5.74, 6) is -0.660. The number of rotatable bonds is 25. The van der Waals surface area contributed by atoms with Crippen LogP contribution in [-0.2, 0) is 4.79 Å². The Morgan fingerprint density at radius 1 is 0.667 bits per heavy atom. The van der Waals surface area contributed by atoms with Gasteiger partial charge in [0.1, 0.15) is 0 Å². The summed E-state index contributed by atoms with van der Waals surface area (Å²) in [6.45, 7) is 2.26. The molecule has 0 aliphatic rings. The number of unbranched alkanes of at least 4 members (excludes halogenated alkanes) is 14. The van der Waals surface area contributed by atoms with Crippen molar-refractivity contribution in [3.8, 4) is 0 Å². The molecule has 3 nitrogen and oxygen atoms in total. The van der Waals surface area contributed by atoms with Gasteiger partial charge in [-0.3, -0.25) is 4.79 Å². The van der Waals surface area contributed by atoms with E-state index in [1.54, 1.807) is 0 Å². The Hall–Kier alpha value is -1.09. The van der Waals surface area contributed by atoms with Gasteiger partial charge in [-0.1, -0.05) is 108 Å². The van der Waals surface area contributed by atoms with Gasteiger partial charge in [0.25, 0.3) is 0 Å². The molecule has 0 aliphatic carbocycles. The number of carboxylic acids is 1. The average molecular weight is 464 g/mol. The second kappa shape index (κ2) is 25.5. The van der Waals surface area contributed by atoms with Crippen LogP contribution >= 0.6 is 0 Å². The monoisotopic (exact) mass is 463 g/mol. The standard InChI is InChI=1S/C30H57NO2/c1-4-5-6-7-8-9-10-11-12-13-14-15-16-17-18-20-23-26-29(31(2)3)27-24-21-19-22-25-28-30(32)33/h8-9,11-12,29H,4-7,10,13-28H2,1-3H3,(H,32,33)/b9-8-,12-11-. The lowest BCUT2D eigenvalue weighted by molar-refractivity contribution is -0.137. The molecular weight excluding hydrogens is 406 g/mol. The average Bonchev–Trinajstić information content (AvgIpc) is 2.78. The van der Waals surface area contributed by atoms with Crippen LogP contribution in [-0.4, -0.2) is 36.1 Å². The highest BCUT2D eigenvalue weighted by molar-refractivity contribution is 5.66. The molecule has 0 aliphatic heterocycles. The molecule has 0 saturated carbocycles. The normalized spacial score (nSPS) is 13.0. The molecule has 1 N–H and O–H groups in total. The van der Waals surface area contributed by atoms with Gasteiger partial charge in [-0.25, -0.2) is 0 Å². The highest BCUT2D eigenvalue weighted by atomic mass is 16.4. The molecule has 0 spiro atoms. The van der Waals surface area contributed by atoms with Crippen molar-refractivity contribution in [2.75, 3.05) is 14.1 Å². The maximum Gasteiger partial charge on any atom is 0.303 e. The fraction of sp³-hybridized carbons (Fsp3) is 0.833. The summed E-state index contributed by atoms with van der Waals surface area (Å²) in [7, 11) is 4.44. The van der Waals surface area contributed by atoms with Gasteiger partial charge in [-0.2, -0.15) is 0 Å². The van der Waals surface area contributed by atoms with Gasteiger partial charge in [0.15, 0.2) is 0 Å². The summed E-state index contributed by atoms with van der Waals surface area (Å²) < 4.78 is 0. The zero-order chi connectivity index (χ0) is 24.4. The minimum absolute atomic E-state index is 0.328. The van der Waals surface area contributed by atoms with E-state index in [0.29, 0.717) is 12.5 Å². The lowest BCUT2D eigenvalue weighted by Crippen LogP contribution is -2.27. The Balaban J connectivity index is 3.49. The van der Waals surface area contributed by atoms with E-state index in [-0.39, 0.29) is 0 Å². The minimum Gasteiger partial charge on any atom is -0.481 e. The van der Waals surface area contributed by atoms with Crippen LogP contribution in [0.25, 0.3) is 0 Å². The lowest BCUT2D eigenvalue weighted by Gasteiger charge is -2.24. The number of hydrogen-bond donors (Lipinski definition) is 1. The van der Waals surface area contributed by atoms with Gasteiger partial charge in [0, 0.05) is 12.5 Å². The van der Waals surface area contributed by atoms with Gasteiger partial charge >= 0.3 is 5.97 Å². The van der Waals surface area contributed by atoms with Gasteiger partial charge in [-0.05, 0) is 65.5 Å². The number of allylic oxidation sites excluding steroid dienone is 4. The van der Waals surface area contributed by atoms with E-state index in [0.717, 1.165) is 19.3 Å². The van der Waals surface area contributed by atoms with Crippen LogP contribution in [0.3, 0.4) is 0 Å². The zero-order valence-electron chi connectivity index (χ0n) is 22.5. The van der Waals surface area contributed by atoms with Crippen molar-refractivity contribution in [1.29, 1.82) is 0 Å². The van der Waals surface area contributed by atoms with Crippen LogP contribution in [0.4, 0.5) is 0 Å². The van der Waals surface area contributed by atoms with E-state index in [2.05, 4.69) is 50.2 Å². The van der Waals surface area contributed by atoms with Crippen molar-refractivity contribution in [3.63, 3.8) is 0 Å². The molecule has 0 radical (unpaired) electrons. The Labute approximate surface area is 207 Å². The van der Waals surface area contributed by atoms with Crippen molar-refractivity contribution in [1.82, 2.24) is 4.90 Å². The number of carboxylic acid groups (broad SMARTS) is 1. The molecule has 0 aromatic rings. The first-order valence-corrected chi connectivity index (χ1v) is 14.3. The Morgan fingerprint density at radius 3 is 1.61 bits per heavy atom. The quantitative estimate of drug-likeness (QED) is 0.108. The van der Waals surface area contributed by atoms with E-state index in [9.17, 15) is 4.79 Å². The van der Waals surface area contributed by atoms with Crippen molar-refractivity contribution < 1.29 is 9.90 Å². The topological polar surface area (TPSA) is 40.5 Å². The maximum atomic E-state index is 10.5. The van der Waals surface area contributed by atoms with E-state index in [4.69, 9.17) is 5.11 Å². The SMILES string of the molecule is CCCCC/C=C\C/C=C\CCCCCCCCCC(CCCCCCCC(=O)O)N(C)C. The lowest BCUT2D eigenvalue weighted by atomic mass is 9.99. The van der Waals surface area contributed by atoms with E-state index < -0.39 is 5.97 Å². The van der Waals surface area contributed by atoms with Crippen LogP contribution < -0.4 is 0 Å². The van der Waals surface area contributed by atoms with Crippen LogP contribution in [0.2, 0.25) is 0 Å². The third kappa shape index (κ3) is 25.4. The molecule has 0 heterocycles. The summed E-state index contributed by atoms with van der Waals surface area (Å²) in [5.41, 5.74) is 0. The summed E-state index contributed by atoms with van der Waals surface area (Å²) in [4.78, 5) is 12.9. The Kier molecular flexibility index (Phi) is 24.7. The zero-order valence-corrected chi connectivity index (χ0v) is 22.5. The first-order valence-electron chi connectivity index (χ1n) is 14.3. The fourth-order valence-corrected chi connectivity index (χ4v) is 4.39. The highest BCUT2D eigenvalue weighted by Crippen LogP contribution is 2.17. The van der Waals surface area contributed by atoms with E-state index in [1.807, 2.05) is 0 Å². The summed E-state index contributed by atoms with van der Waals surface area (Å²) in [6, 6.07) is 0.710. The van der Waals surface area contributed by atoms with Gasteiger partial charge in [0.05, 0.1) is 0 Å². The molecule has 0 saturated heterocycles. The first kappa shape index (κ1) is 31.9. The molecule has 0 fully saturated rings. The second-order valence-corrected chi connectivity index (χ2v) is 10.0. The van der Waals surface area contributed by atoms with Crippen molar-refractivity contribution in [3.05, 3.63) is 24.3 Å². The maximum absolute atomic E-state index is 10.5. The van der Waals surface area contributed by atoms with Crippen molar-refractivity contribution in [2.24, 2.45) is 0 Å². The predicted octanol–water partition coefficient (Wildman–Crippen LogP) is 9.33. The molecule has 1 unspecified atom stereocenters. The molecule has 0 amide bonds. The first-order chi connectivity index (χ1) is 16.1. The Bertz CT molecular complexity index is 470. The van der Waals surface area contributed by atoms with Crippen LogP contribution in [0.1, 0.15) is 142 Å². The van der Waals surface area contributed by atoms with E-state index >= 15 is 0 Å². The molecule has 194 valence electrons. The molecule has 0 aromatic carbocycles. The minimum atomic E-state index is -0.660. The Morgan fingerprint density at radius 2 is 1.12 bits per heavy atom. The molecule has 3 heteroatoms. The molecular formula is C30H57NO2. The number of aliphatic carboxylic acids is 1. The van der Waals surface area contributed by atoms with Gasteiger partial charge < -0.3 is 10.0 Å². The smallest absolute Gasteiger partial charge is 0.303 e. The van der Waals surface area contributed by atoms with Crippen LogP contribution in [0, 0.1) is 0 Å². The van der Waals surface area contributed by atoms with Gasteiger partial charge in [-0.15, -0.1) is 0 Å². The molecule has 0 bridgehead atoms. The van der Waals surface area contributed by atoms with Crippen LogP contribution in [0.15, 0.2) is 24.3 Å². The number of hydrogen-bond acceptors (Lipinski definition) is 2. The van der Waals surface area contributed by atoms with Gasteiger partial charge in [0.2, 0.25) is 0 Å². The second-order valence-electron chi connectivity index (χ2n) is 10.0. The van der Waals surface area contributed by atoms with Crippen LogP contribution in [0.5, 0.6) is 0 Å². The largest absolute Gasteiger partial charge is 0.481 e. The molecule has 0 aromatic heterocycles. The number of carbonyl (C=O) groups is 1. The summed E-state index contributed by atoms with van der Waals surface area (Å²) >= 11 is 0. The highest BCUT2D eigenvalue weighted by Gasteiger charge is 2.10. The third-order valence-electron chi connectivity index (χ3n) is 6.65.